The molecule has 0 aliphatic heterocycles. The molecule has 3 aromatic rings. The number of fused-ring (bicyclic) bond motifs is 1. The van der Waals surface area contributed by atoms with Crippen molar-refractivity contribution in [2.24, 2.45) is 0 Å². The van der Waals surface area contributed by atoms with E-state index in [0.717, 1.165) is 10.9 Å². The molecule has 0 aliphatic carbocycles. The Balaban J connectivity index is 1.61. The summed E-state index contributed by atoms with van der Waals surface area (Å²) in [6, 6.07) is 10.6. The predicted octanol–water partition coefficient (Wildman–Crippen LogP) is 2.30. The molecule has 2 aromatic heterocycles. The van der Waals surface area contributed by atoms with Crippen LogP contribution in [0.4, 0.5) is 0 Å². The number of carbonyl (C=O) groups excluding carboxylic acids is 1. The SMILES string of the molecule is CC[C@H](CO)NC(=O)c1cc(COc2ccc3ncccc3c2)on1. The number of nitrogens with one attached hydrogen (secondary N) is 1. The van der Waals surface area contributed by atoms with Gasteiger partial charge in [-0.2, -0.15) is 0 Å². The molecule has 3 rings (SSSR count). The monoisotopic (exact) mass is 341 g/mol. The summed E-state index contributed by atoms with van der Waals surface area (Å²) in [6.45, 7) is 1.92. The standard InChI is InChI=1S/C18H19N3O4/c1-2-13(10-22)20-18(23)17-9-15(25-21-17)11-24-14-5-6-16-12(8-14)4-3-7-19-16/h3-9,13,22H,2,10-11H2,1H3,(H,20,23)/t13-/m1/s1. The molecule has 2 N–H and O–H groups in total. The first-order chi connectivity index (χ1) is 12.2. The molecule has 0 saturated heterocycles. The van der Waals surface area contributed by atoms with Crippen molar-refractivity contribution in [2.75, 3.05) is 6.61 Å². The minimum atomic E-state index is -0.382. The Labute approximate surface area is 144 Å². The lowest BCUT2D eigenvalue weighted by molar-refractivity contribution is 0.0905. The van der Waals surface area contributed by atoms with E-state index in [1.807, 2.05) is 37.3 Å². The van der Waals surface area contributed by atoms with Gasteiger partial charge in [-0.3, -0.25) is 9.78 Å². The van der Waals surface area contributed by atoms with Gasteiger partial charge in [0.2, 0.25) is 0 Å². The first-order valence-electron chi connectivity index (χ1n) is 8.04. The number of hydrogen-bond donors (Lipinski definition) is 2. The Hall–Kier alpha value is -2.93. The fourth-order valence-corrected chi connectivity index (χ4v) is 2.32. The third-order valence-electron chi connectivity index (χ3n) is 3.80. The lowest BCUT2D eigenvalue weighted by Crippen LogP contribution is -2.37. The molecule has 2 heterocycles. The van der Waals surface area contributed by atoms with E-state index in [0.29, 0.717) is 17.9 Å². The molecule has 25 heavy (non-hydrogen) atoms. The number of rotatable bonds is 7. The number of aliphatic hydroxyl groups is 1. The summed E-state index contributed by atoms with van der Waals surface area (Å²) < 4.78 is 10.8. The second-order valence-electron chi connectivity index (χ2n) is 5.59. The number of aliphatic hydroxyl groups excluding tert-OH is 1. The molecule has 0 radical (unpaired) electrons. The van der Waals surface area contributed by atoms with Crippen molar-refractivity contribution in [3.05, 3.63) is 54.0 Å². The summed E-state index contributed by atoms with van der Waals surface area (Å²) in [5.74, 6) is 0.732. The highest BCUT2D eigenvalue weighted by atomic mass is 16.5. The molecule has 0 fully saturated rings. The summed E-state index contributed by atoms with van der Waals surface area (Å²) in [6.07, 6.45) is 2.37. The van der Waals surface area contributed by atoms with E-state index in [4.69, 9.17) is 14.4 Å². The molecule has 0 unspecified atom stereocenters. The van der Waals surface area contributed by atoms with Gasteiger partial charge in [-0.25, -0.2) is 0 Å². The summed E-state index contributed by atoms with van der Waals surface area (Å²) in [5.41, 5.74) is 1.05. The Morgan fingerprint density at radius 2 is 2.24 bits per heavy atom. The molecule has 0 aliphatic rings. The molecule has 1 aromatic carbocycles. The molecule has 1 atom stereocenters. The lowest BCUT2D eigenvalue weighted by Gasteiger charge is -2.12. The zero-order valence-electron chi connectivity index (χ0n) is 13.8. The van der Waals surface area contributed by atoms with Crippen molar-refractivity contribution in [1.29, 1.82) is 0 Å². The van der Waals surface area contributed by atoms with Crippen molar-refractivity contribution in [2.45, 2.75) is 26.0 Å². The Bertz CT molecular complexity index is 858. The van der Waals surface area contributed by atoms with Crippen LogP contribution < -0.4 is 10.1 Å². The van der Waals surface area contributed by atoms with E-state index in [9.17, 15) is 4.79 Å². The smallest absolute Gasteiger partial charge is 0.273 e. The molecule has 130 valence electrons. The maximum absolute atomic E-state index is 12.0. The Kier molecular flexibility index (Phi) is 5.25. The summed E-state index contributed by atoms with van der Waals surface area (Å²) in [7, 11) is 0. The second-order valence-corrected chi connectivity index (χ2v) is 5.59. The molecule has 7 nitrogen and oxygen atoms in total. The fourth-order valence-electron chi connectivity index (χ4n) is 2.32. The van der Waals surface area contributed by atoms with Crippen molar-refractivity contribution in [3.63, 3.8) is 0 Å². The van der Waals surface area contributed by atoms with Gasteiger partial charge in [0.05, 0.1) is 18.2 Å². The fraction of sp³-hybridized carbons (Fsp3) is 0.278. The van der Waals surface area contributed by atoms with E-state index in [1.54, 1.807) is 6.20 Å². The zero-order valence-corrected chi connectivity index (χ0v) is 13.8. The predicted molar refractivity (Wildman–Crippen MR) is 91.2 cm³/mol. The van der Waals surface area contributed by atoms with Crippen molar-refractivity contribution < 1.29 is 19.2 Å². The number of aromatic nitrogens is 2. The molecule has 0 bridgehead atoms. The van der Waals surface area contributed by atoms with Crippen LogP contribution in [0.25, 0.3) is 10.9 Å². The average Bonchev–Trinajstić information content (AvgIpc) is 3.13. The maximum Gasteiger partial charge on any atom is 0.273 e. The van der Waals surface area contributed by atoms with Gasteiger partial charge >= 0.3 is 0 Å². The summed E-state index contributed by atoms with van der Waals surface area (Å²) in [4.78, 5) is 16.3. The van der Waals surface area contributed by atoms with Crippen molar-refractivity contribution in [3.8, 4) is 5.75 Å². The second kappa shape index (κ2) is 7.76. The zero-order chi connectivity index (χ0) is 17.6. The molecular weight excluding hydrogens is 322 g/mol. The van der Waals surface area contributed by atoms with Gasteiger partial charge in [0.15, 0.2) is 11.5 Å². The van der Waals surface area contributed by atoms with Gasteiger partial charge in [-0.15, -0.1) is 0 Å². The van der Waals surface area contributed by atoms with Crippen LogP contribution in [0.1, 0.15) is 29.6 Å². The largest absolute Gasteiger partial charge is 0.486 e. The number of amides is 1. The van der Waals surface area contributed by atoms with Crippen molar-refractivity contribution >= 4 is 16.8 Å². The minimum Gasteiger partial charge on any atom is -0.486 e. The summed E-state index contributed by atoms with van der Waals surface area (Å²) in [5, 5.41) is 16.5. The molecule has 1 amide bonds. The number of pyridine rings is 1. The van der Waals surface area contributed by atoms with Crippen LogP contribution in [0, 0.1) is 0 Å². The number of nitrogens with zero attached hydrogens (tertiary/aromatic N) is 2. The molecule has 0 saturated carbocycles. The normalized spacial score (nSPS) is 12.1. The Morgan fingerprint density at radius 1 is 1.36 bits per heavy atom. The van der Waals surface area contributed by atoms with Gasteiger partial charge in [0.25, 0.3) is 5.91 Å². The van der Waals surface area contributed by atoms with Crippen LogP contribution >= 0.6 is 0 Å². The van der Waals surface area contributed by atoms with E-state index >= 15 is 0 Å². The minimum absolute atomic E-state index is 0.118. The van der Waals surface area contributed by atoms with Crippen LogP contribution in [-0.4, -0.2) is 33.8 Å². The van der Waals surface area contributed by atoms with E-state index in [1.165, 1.54) is 6.07 Å². The van der Waals surface area contributed by atoms with Gasteiger partial charge in [-0.1, -0.05) is 18.1 Å². The topological polar surface area (TPSA) is 97.5 Å². The number of hydrogen-bond acceptors (Lipinski definition) is 6. The van der Waals surface area contributed by atoms with Crippen molar-refractivity contribution in [1.82, 2.24) is 15.5 Å². The third-order valence-corrected chi connectivity index (χ3v) is 3.80. The summed E-state index contributed by atoms with van der Waals surface area (Å²) >= 11 is 0. The van der Waals surface area contributed by atoms with E-state index in [-0.39, 0.29) is 30.9 Å². The first kappa shape index (κ1) is 16.9. The molecular formula is C18H19N3O4. The Morgan fingerprint density at radius 3 is 3.04 bits per heavy atom. The molecule has 0 spiro atoms. The van der Waals surface area contributed by atoms with Gasteiger partial charge in [0, 0.05) is 17.6 Å². The van der Waals surface area contributed by atoms with Crippen LogP contribution in [-0.2, 0) is 6.61 Å². The highest BCUT2D eigenvalue weighted by Crippen LogP contribution is 2.20. The van der Waals surface area contributed by atoms with Crippen LogP contribution in [0.5, 0.6) is 5.75 Å². The quantitative estimate of drug-likeness (QED) is 0.684. The van der Waals surface area contributed by atoms with Crippen LogP contribution in [0.15, 0.2) is 47.1 Å². The van der Waals surface area contributed by atoms with E-state index < -0.39 is 0 Å². The van der Waals surface area contributed by atoms with Gasteiger partial charge < -0.3 is 19.7 Å². The molecule has 7 heteroatoms. The van der Waals surface area contributed by atoms with E-state index in [2.05, 4.69) is 15.5 Å². The first-order valence-corrected chi connectivity index (χ1v) is 8.04. The highest BCUT2D eigenvalue weighted by Gasteiger charge is 2.16. The maximum atomic E-state index is 12.0. The highest BCUT2D eigenvalue weighted by molar-refractivity contribution is 5.92. The van der Waals surface area contributed by atoms with Crippen LogP contribution in [0.2, 0.25) is 0 Å². The number of carbonyl (C=O) groups is 1. The van der Waals surface area contributed by atoms with Gasteiger partial charge in [-0.05, 0) is 30.7 Å². The average molecular weight is 341 g/mol. The van der Waals surface area contributed by atoms with Crippen LogP contribution in [0.3, 0.4) is 0 Å². The lowest BCUT2D eigenvalue weighted by atomic mass is 10.2. The third kappa shape index (κ3) is 4.13. The number of ether oxygens (including phenoxy) is 1. The number of benzene rings is 1. The van der Waals surface area contributed by atoms with Gasteiger partial charge in [0.1, 0.15) is 12.4 Å².